The van der Waals surface area contributed by atoms with Gasteiger partial charge in [-0.3, -0.25) is 14.6 Å². The zero-order chi connectivity index (χ0) is 24.2. The summed E-state index contributed by atoms with van der Waals surface area (Å²) in [7, 11) is 0. The Labute approximate surface area is 203 Å². The summed E-state index contributed by atoms with van der Waals surface area (Å²) in [5.74, 6) is 0.644. The third-order valence-electron chi connectivity index (χ3n) is 5.99. The molecule has 0 unspecified atom stereocenters. The van der Waals surface area contributed by atoms with Gasteiger partial charge in [0.25, 0.3) is 5.91 Å². The Bertz CT molecular complexity index is 1390. The Hall–Kier alpha value is -4.59. The molecule has 4 aromatic rings. The fraction of sp³-hybridized carbons (Fsp3) is 0.148. The number of carbonyl (C=O) groups excluding carboxylic acids is 2. The van der Waals surface area contributed by atoms with E-state index in [9.17, 15) is 9.59 Å². The van der Waals surface area contributed by atoms with Crippen molar-refractivity contribution in [2.45, 2.75) is 0 Å². The Balaban J connectivity index is 1.47. The first kappa shape index (κ1) is 22.2. The number of piperazine rings is 1. The molecule has 35 heavy (non-hydrogen) atoms. The number of amides is 2. The number of nitrogens with one attached hydrogen (secondary N) is 1. The molecule has 3 heterocycles. The molecular weight excluding hydrogens is 440 g/mol. The minimum absolute atomic E-state index is 0.0847. The molecule has 0 bridgehead atoms. The predicted octanol–water partition coefficient (Wildman–Crippen LogP) is 3.78. The normalized spacial score (nSPS) is 13.5. The van der Waals surface area contributed by atoms with Gasteiger partial charge in [0.05, 0.1) is 0 Å². The molecule has 0 spiro atoms. The van der Waals surface area contributed by atoms with Gasteiger partial charge >= 0.3 is 0 Å². The van der Waals surface area contributed by atoms with Crippen LogP contribution in [-0.4, -0.2) is 57.8 Å². The van der Waals surface area contributed by atoms with Gasteiger partial charge in [0.2, 0.25) is 5.91 Å². The molecular formula is C27H24N6O2. The van der Waals surface area contributed by atoms with E-state index >= 15 is 0 Å². The van der Waals surface area contributed by atoms with Crippen LogP contribution in [0.2, 0.25) is 0 Å². The SMILES string of the molecule is C=CC(=O)N1CCN(c2cc(C(=O)Nc3cccc4ccccc34)nc(-c3cccnc3)n2)CC1. The van der Waals surface area contributed by atoms with E-state index < -0.39 is 0 Å². The fourth-order valence-electron chi connectivity index (χ4n) is 4.14. The number of rotatable bonds is 5. The lowest BCUT2D eigenvalue weighted by Crippen LogP contribution is -2.48. The number of fused-ring (bicyclic) bond motifs is 1. The van der Waals surface area contributed by atoms with Gasteiger partial charge in [0.15, 0.2) is 5.82 Å². The molecule has 1 N–H and O–H groups in total. The Morgan fingerprint density at radius 3 is 2.51 bits per heavy atom. The van der Waals surface area contributed by atoms with Crippen molar-refractivity contribution in [3.63, 3.8) is 0 Å². The van der Waals surface area contributed by atoms with E-state index in [-0.39, 0.29) is 17.5 Å². The summed E-state index contributed by atoms with van der Waals surface area (Å²) in [4.78, 5) is 42.6. The molecule has 0 atom stereocenters. The van der Waals surface area contributed by atoms with Crippen LogP contribution in [0.1, 0.15) is 10.5 Å². The maximum atomic E-state index is 13.4. The predicted molar refractivity (Wildman–Crippen MR) is 136 cm³/mol. The maximum Gasteiger partial charge on any atom is 0.274 e. The van der Waals surface area contributed by atoms with Crippen LogP contribution in [0.25, 0.3) is 22.2 Å². The van der Waals surface area contributed by atoms with E-state index in [1.807, 2.05) is 48.5 Å². The lowest BCUT2D eigenvalue weighted by molar-refractivity contribution is -0.126. The van der Waals surface area contributed by atoms with E-state index in [4.69, 9.17) is 4.98 Å². The topological polar surface area (TPSA) is 91.3 Å². The Morgan fingerprint density at radius 1 is 0.943 bits per heavy atom. The van der Waals surface area contributed by atoms with Gasteiger partial charge in [-0.2, -0.15) is 0 Å². The number of pyridine rings is 1. The summed E-state index contributed by atoms with van der Waals surface area (Å²) in [5.41, 5.74) is 1.69. The standard InChI is InChI=1S/C27H24N6O2/c1-2-25(34)33-15-13-32(14-16-33)24-17-23(29-26(31-24)20-9-6-12-28-18-20)27(35)30-22-11-5-8-19-7-3-4-10-21(19)22/h2-12,17-18H,1,13-16H2,(H,30,35). The van der Waals surface area contributed by atoms with Crippen molar-refractivity contribution >= 4 is 34.1 Å². The van der Waals surface area contributed by atoms with Crippen molar-refractivity contribution < 1.29 is 9.59 Å². The Morgan fingerprint density at radius 2 is 1.74 bits per heavy atom. The monoisotopic (exact) mass is 464 g/mol. The molecule has 1 saturated heterocycles. The summed E-state index contributed by atoms with van der Waals surface area (Å²) < 4.78 is 0. The molecule has 2 aromatic heterocycles. The van der Waals surface area contributed by atoms with Crippen molar-refractivity contribution in [3.05, 3.63) is 91.4 Å². The van der Waals surface area contributed by atoms with E-state index in [0.717, 1.165) is 10.8 Å². The van der Waals surface area contributed by atoms with E-state index in [1.54, 1.807) is 29.4 Å². The molecule has 1 aliphatic rings. The maximum absolute atomic E-state index is 13.4. The molecule has 8 heteroatoms. The second-order valence-corrected chi connectivity index (χ2v) is 8.17. The molecule has 1 aliphatic heterocycles. The molecule has 0 aliphatic carbocycles. The van der Waals surface area contributed by atoms with Crippen molar-refractivity contribution in [3.8, 4) is 11.4 Å². The van der Waals surface area contributed by atoms with Crippen LogP contribution in [0, 0.1) is 0 Å². The number of benzene rings is 2. The zero-order valence-electron chi connectivity index (χ0n) is 19.1. The molecule has 0 radical (unpaired) electrons. The van der Waals surface area contributed by atoms with Crippen molar-refractivity contribution in [1.29, 1.82) is 0 Å². The second-order valence-electron chi connectivity index (χ2n) is 8.17. The minimum atomic E-state index is -0.324. The largest absolute Gasteiger partial charge is 0.353 e. The van der Waals surface area contributed by atoms with Crippen LogP contribution in [0.4, 0.5) is 11.5 Å². The first-order valence-corrected chi connectivity index (χ1v) is 11.4. The van der Waals surface area contributed by atoms with Crippen molar-refractivity contribution in [2.24, 2.45) is 0 Å². The third-order valence-corrected chi connectivity index (χ3v) is 5.99. The minimum Gasteiger partial charge on any atom is -0.353 e. The van der Waals surface area contributed by atoms with Crippen LogP contribution in [0.5, 0.6) is 0 Å². The Kier molecular flexibility index (Phi) is 6.17. The van der Waals surface area contributed by atoms with Crippen LogP contribution in [-0.2, 0) is 4.79 Å². The van der Waals surface area contributed by atoms with Gasteiger partial charge in [0.1, 0.15) is 11.5 Å². The highest BCUT2D eigenvalue weighted by molar-refractivity contribution is 6.08. The summed E-state index contributed by atoms with van der Waals surface area (Å²) in [6.07, 6.45) is 4.68. The first-order chi connectivity index (χ1) is 17.1. The lowest BCUT2D eigenvalue weighted by atomic mass is 10.1. The van der Waals surface area contributed by atoms with Crippen molar-refractivity contribution in [2.75, 3.05) is 36.4 Å². The molecule has 8 nitrogen and oxygen atoms in total. The van der Waals surface area contributed by atoms with Gasteiger partial charge in [-0.25, -0.2) is 9.97 Å². The third kappa shape index (κ3) is 4.72. The van der Waals surface area contributed by atoms with Crippen LogP contribution in [0.15, 0.2) is 85.7 Å². The molecule has 5 rings (SSSR count). The number of anilines is 2. The van der Waals surface area contributed by atoms with E-state index in [0.29, 0.717) is 49.1 Å². The van der Waals surface area contributed by atoms with Gasteiger partial charge in [-0.15, -0.1) is 0 Å². The van der Waals surface area contributed by atoms with Crippen molar-refractivity contribution in [1.82, 2.24) is 19.9 Å². The highest BCUT2D eigenvalue weighted by Crippen LogP contribution is 2.25. The number of nitrogens with zero attached hydrogens (tertiary/aromatic N) is 5. The van der Waals surface area contributed by atoms with Crippen LogP contribution < -0.4 is 10.2 Å². The second kappa shape index (κ2) is 9.72. The van der Waals surface area contributed by atoms with E-state index in [1.165, 1.54) is 6.08 Å². The average Bonchev–Trinajstić information content (AvgIpc) is 2.93. The molecule has 174 valence electrons. The summed E-state index contributed by atoms with van der Waals surface area (Å²) >= 11 is 0. The van der Waals surface area contributed by atoms with Crippen LogP contribution >= 0.6 is 0 Å². The molecule has 2 amide bonds. The smallest absolute Gasteiger partial charge is 0.274 e. The lowest BCUT2D eigenvalue weighted by Gasteiger charge is -2.35. The molecule has 2 aromatic carbocycles. The van der Waals surface area contributed by atoms with Gasteiger partial charge < -0.3 is 15.1 Å². The van der Waals surface area contributed by atoms with E-state index in [2.05, 4.69) is 26.8 Å². The molecule has 1 fully saturated rings. The number of hydrogen-bond acceptors (Lipinski definition) is 6. The summed E-state index contributed by atoms with van der Waals surface area (Å²) in [5, 5.41) is 5.00. The zero-order valence-corrected chi connectivity index (χ0v) is 19.1. The van der Waals surface area contributed by atoms with Crippen LogP contribution in [0.3, 0.4) is 0 Å². The molecule has 0 saturated carbocycles. The number of hydrogen-bond donors (Lipinski definition) is 1. The quantitative estimate of drug-likeness (QED) is 0.452. The highest BCUT2D eigenvalue weighted by atomic mass is 16.2. The average molecular weight is 465 g/mol. The van der Waals surface area contributed by atoms with Gasteiger partial charge in [-0.05, 0) is 29.7 Å². The highest BCUT2D eigenvalue weighted by Gasteiger charge is 2.23. The van der Waals surface area contributed by atoms with Gasteiger partial charge in [0, 0.05) is 61.3 Å². The summed E-state index contributed by atoms with van der Waals surface area (Å²) in [6.45, 7) is 5.85. The number of carbonyl (C=O) groups is 2. The first-order valence-electron chi connectivity index (χ1n) is 11.4. The van der Waals surface area contributed by atoms with Gasteiger partial charge in [-0.1, -0.05) is 43.0 Å². The number of aromatic nitrogens is 3. The summed E-state index contributed by atoms with van der Waals surface area (Å²) in [6, 6.07) is 19.0. The fourth-order valence-corrected chi connectivity index (χ4v) is 4.14.